The lowest BCUT2D eigenvalue weighted by Gasteiger charge is -2.38. The maximum Gasteiger partial charge on any atom is 0.259 e. The lowest BCUT2D eigenvalue weighted by Crippen LogP contribution is -2.40. The standard InChI is InChI=1S/C23H25N5O/c1-23(2)13-20(19-9-5-6-11-24-19)26-21-18(14-25-28(21)23)22(29)27-12-10-16-7-3-4-8-17(16)15-27/h3-9,11,14,20,26H,10,12-13,15H2,1-2H3. The minimum absolute atomic E-state index is 0.0331. The van der Waals surface area contributed by atoms with Crippen LogP contribution in [0.4, 0.5) is 5.82 Å². The van der Waals surface area contributed by atoms with Gasteiger partial charge in [0.1, 0.15) is 11.4 Å². The number of pyridine rings is 1. The van der Waals surface area contributed by atoms with Crippen LogP contribution in [0.5, 0.6) is 0 Å². The first-order valence-corrected chi connectivity index (χ1v) is 10.1. The van der Waals surface area contributed by atoms with Gasteiger partial charge in [-0.1, -0.05) is 30.3 Å². The zero-order valence-corrected chi connectivity index (χ0v) is 16.8. The second-order valence-electron chi connectivity index (χ2n) is 8.53. The molecule has 1 N–H and O–H groups in total. The third-order valence-electron chi connectivity index (χ3n) is 6.05. The number of hydrogen-bond acceptors (Lipinski definition) is 4. The Bertz CT molecular complexity index is 1060. The maximum absolute atomic E-state index is 13.4. The zero-order valence-electron chi connectivity index (χ0n) is 16.8. The summed E-state index contributed by atoms with van der Waals surface area (Å²) < 4.78 is 1.96. The van der Waals surface area contributed by atoms with Crippen molar-refractivity contribution < 1.29 is 4.79 Å². The Balaban J connectivity index is 1.46. The average molecular weight is 387 g/mol. The predicted octanol–water partition coefficient (Wildman–Crippen LogP) is 3.77. The first-order chi connectivity index (χ1) is 14.0. The Morgan fingerprint density at radius 1 is 1.14 bits per heavy atom. The van der Waals surface area contributed by atoms with Crippen molar-refractivity contribution in [3.8, 4) is 0 Å². The molecule has 5 rings (SSSR count). The summed E-state index contributed by atoms with van der Waals surface area (Å²) in [7, 11) is 0. The first-order valence-electron chi connectivity index (χ1n) is 10.1. The molecule has 148 valence electrons. The number of aromatic nitrogens is 3. The highest BCUT2D eigenvalue weighted by molar-refractivity contribution is 5.99. The van der Waals surface area contributed by atoms with E-state index in [0.29, 0.717) is 12.1 Å². The van der Waals surface area contributed by atoms with Crippen molar-refractivity contribution in [2.45, 2.75) is 44.8 Å². The fourth-order valence-corrected chi connectivity index (χ4v) is 4.50. The summed E-state index contributed by atoms with van der Waals surface area (Å²) in [5.41, 5.74) is 3.97. The van der Waals surface area contributed by atoms with E-state index in [1.54, 1.807) is 6.20 Å². The first kappa shape index (κ1) is 17.9. The van der Waals surface area contributed by atoms with Crippen LogP contribution in [0.2, 0.25) is 0 Å². The molecule has 6 heteroatoms. The number of nitrogens with one attached hydrogen (secondary N) is 1. The second-order valence-corrected chi connectivity index (χ2v) is 8.53. The van der Waals surface area contributed by atoms with Crippen LogP contribution in [0.25, 0.3) is 0 Å². The molecule has 4 heterocycles. The molecule has 1 amide bonds. The monoisotopic (exact) mass is 387 g/mol. The highest BCUT2D eigenvalue weighted by Crippen LogP contribution is 2.39. The van der Waals surface area contributed by atoms with E-state index in [-0.39, 0.29) is 17.5 Å². The van der Waals surface area contributed by atoms with E-state index in [9.17, 15) is 4.79 Å². The van der Waals surface area contributed by atoms with E-state index in [1.165, 1.54) is 11.1 Å². The van der Waals surface area contributed by atoms with Crippen molar-refractivity contribution in [2.24, 2.45) is 0 Å². The summed E-state index contributed by atoms with van der Waals surface area (Å²) >= 11 is 0. The summed E-state index contributed by atoms with van der Waals surface area (Å²) in [6.07, 6.45) is 5.27. The number of carbonyl (C=O) groups excluding carboxylic acids is 1. The SMILES string of the molecule is CC1(C)CC(c2ccccn2)Nc2c(C(=O)N3CCc4ccccc4C3)cnn21. The molecule has 6 nitrogen and oxygen atoms in total. The molecule has 0 spiro atoms. The summed E-state index contributed by atoms with van der Waals surface area (Å²) in [4.78, 5) is 19.9. The van der Waals surface area contributed by atoms with Crippen LogP contribution in [0.1, 0.15) is 53.5 Å². The van der Waals surface area contributed by atoms with Crippen molar-refractivity contribution in [3.05, 3.63) is 77.2 Å². The quantitative estimate of drug-likeness (QED) is 0.727. The van der Waals surface area contributed by atoms with Crippen molar-refractivity contribution in [3.63, 3.8) is 0 Å². The van der Waals surface area contributed by atoms with E-state index in [2.05, 4.69) is 47.4 Å². The van der Waals surface area contributed by atoms with Crippen molar-refractivity contribution in [1.82, 2.24) is 19.7 Å². The number of amides is 1. The van der Waals surface area contributed by atoms with E-state index < -0.39 is 0 Å². The van der Waals surface area contributed by atoms with Gasteiger partial charge in [-0.05, 0) is 49.9 Å². The summed E-state index contributed by atoms with van der Waals surface area (Å²) in [6.45, 7) is 5.69. The van der Waals surface area contributed by atoms with Gasteiger partial charge in [-0.25, -0.2) is 4.68 Å². The predicted molar refractivity (Wildman–Crippen MR) is 112 cm³/mol. The van der Waals surface area contributed by atoms with Gasteiger partial charge < -0.3 is 10.2 Å². The Morgan fingerprint density at radius 3 is 2.72 bits per heavy atom. The van der Waals surface area contributed by atoms with Crippen molar-refractivity contribution >= 4 is 11.7 Å². The number of anilines is 1. The number of fused-ring (bicyclic) bond motifs is 2. The topological polar surface area (TPSA) is 63.1 Å². The summed E-state index contributed by atoms with van der Waals surface area (Å²) in [5.74, 6) is 0.825. The van der Waals surface area contributed by atoms with E-state index in [0.717, 1.165) is 30.9 Å². The Kier molecular flexibility index (Phi) is 4.15. The van der Waals surface area contributed by atoms with Crippen LogP contribution in [-0.2, 0) is 18.5 Å². The Hall–Kier alpha value is -3.15. The molecule has 29 heavy (non-hydrogen) atoms. The molecular weight excluding hydrogens is 362 g/mol. The molecule has 2 aromatic heterocycles. The van der Waals surface area contributed by atoms with Gasteiger partial charge >= 0.3 is 0 Å². The molecule has 1 atom stereocenters. The van der Waals surface area contributed by atoms with Gasteiger partial charge in [-0.3, -0.25) is 9.78 Å². The van der Waals surface area contributed by atoms with Crippen LogP contribution in [0.3, 0.4) is 0 Å². The van der Waals surface area contributed by atoms with Gasteiger partial charge in [0.2, 0.25) is 0 Å². The number of nitrogens with zero attached hydrogens (tertiary/aromatic N) is 4. The van der Waals surface area contributed by atoms with E-state index >= 15 is 0 Å². The van der Waals surface area contributed by atoms with Gasteiger partial charge in [0.05, 0.1) is 23.5 Å². The summed E-state index contributed by atoms with van der Waals surface area (Å²) in [6, 6.07) is 14.4. The van der Waals surface area contributed by atoms with Crippen LogP contribution >= 0.6 is 0 Å². The van der Waals surface area contributed by atoms with Crippen LogP contribution in [-0.4, -0.2) is 32.1 Å². The summed E-state index contributed by atoms with van der Waals surface area (Å²) in [5, 5.41) is 8.13. The van der Waals surface area contributed by atoms with Crippen molar-refractivity contribution in [1.29, 1.82) is 0 Å². The molecular formula is C23H25N5O. The number of rotatable bonds is 2. The molecule has 0 bridgehead atoms. The molecule has 2 aliphatic rings. The number of carbonyl (C=O) groups is 1. The molecule has 0 radical (unpaired) electrons. The lowest BCUT2D eigenvalue weighted by molar-refractivity contribution is 0.0735. The van der Waals surface area contributed by atoms with Crippen LogP contribution in [0, 0.1) is 0 Å². The normalized spacial score (nSPS) is 19.8. The molecule has 0 saturated heterocycles. The highest BCUT2D eigenvalue weighted by Gasteiger charge is 2.38. The molecule has 3 aromatic rings. The van der Waals surface area contributed by atoms with Crippen LogP contribution < -0.4 is 5.32 Å². The lowest BCUT2D eigenvalue weighted by atomic mass is 9.91. The van der Waals surface area contributed by atoms with Gasteiger partial charge in [0.15, 0.2) is 0 Å². The minimum atomic E-state index is -0.213. The smallest absolute Gasteiger partial charge is 0.259 e. The maximum atomic E-state index is 13.4. The highest BCUT2D eigenvalue weighted by atomic mass is 16.2. The van der Waals surface area contributed by atoms with Gasteiger partial charge in [-0.15, -0.1) is 0 Å². The third-order valence-corrected chi connectivity index (χ3v) is 6.05. The van der Waals surface area contributed by atoms with Gasteiger partial charge in [0.25, 0.3) is 5.91 Å². The van der Waals surface area contributed by atoms with Gasteiger partial charge in [-0.2, -0.15) is 5.10 Å². The molecule has 0 saturated carbocycles. The molecule has 0 aliphatic carbocycles. The minimum Gasteiger partial charge on any atom is -0.361 e. The van der Waals surface area contributed by atoms with Crippen molar-refractivity contribution in [2.75, 3.05) is 11.9 Å². The number of hydrogen-bond donors (Lipinski definition) is 1. The molecule has 1 unspecified atom stereocenters. The fraction of sp³-hybridized carbons (Fsp3) is 0.348. The van der Waals surface area contributed by atoms with Crippen LogP contribution in [0.15, 0.2) is 54.9 Å². The Labute approximate surface area is 170 Å². The Morgan fingerprint density at radius 2 is 1.93 bits per heavy atom. The zero-order chi connectivity index (χ0) is 20.0. The second kappa shape index (κ2) is 6.72. The number of benzene rings is 1. The van der Waals surface area contributed by atoms with E-state index in [1.807, 2.05) is 40.0 Å². The van der Waals surface area contributed by atoms with Gasteiger partial charge in [0, 0.05) is 19.3 Å². The molecule has 0 fully saturated rings. The molecule has 1 aromatic carbocycles. The van der Waals surface area contributed by atoms with E-state index in [4.69, 9.17) is 0 Å². The fourth-order valence-electron chi connectivity index (χ4n) is 4.50. The largest absolute Gasteiger partial charge is 0.361 e. The molecule has 2 aliphatic heterocycles. The average Bonchev–Trinajstić information content (AvgIpc) is 3.18. The third kappa shape index (κ3) is 3.09.